The number of aliphatic hydroxyl groups is 2. The number of rotatable bonds is 0. The van der Waals surface area contributed by atoms with Crippen molar-refractivity contribution in [2.24, 2.45) is 0 Å². The van der Waals surface area contributed by atoms with E-state index in [2.05, 4.69) is 63.7 Å². The summed E-state index contributed by atoms with van der Waals surface area (Å²) in [6.07, 6.45) is 3.31. The second-order valence-corrected chi connectivity index (χ2v) is 14.1. The predicted molar refractivity (Wildman–Crippen MR) is 160 cm³/mol. The van der Waals surface area contributed by atoms with E-state index in [0.29, 0.717) is 26.2 Å². The van der Waals surface area contributed by atoms with Gasteiger partial charge in [-0.25, -0.2) is 0 Å². The van der Waals surface area contributed by atoms with Gasteiger partial charge in [-0.05, 0) is 40.5 Å². The van der Waals surface area contributed by atoms with Crippen LogP contribution in [-0.2, 0) is 28.5 Å². The molecule has 4 rings (SSSR count). The zero-order valence-electron chi connectivity index (χ0n) is 21.3. The smallest absolute Gasteiger partial charge is 0.172 e. The number of hydrogen-bond donors (Lipinski definition) is 2. The summed E-state index contributed by atoms with van der Waals surface area (Å²) in [4.78, 5) is 22.0. The molecule has 10 unspecified atom stereocenters. The summed E-state index contributed by atoms with van der Waals surface area (Å²) < 4.78 is 20.7. The van der Waals surface area contributed by atoms with Crippen LogP contribution in [0.25, 0.3) is 0 Å². The van der Waals surface area contributed by atoms with Crippen LogP contribution < -0.4 is 0 Å². The number of hydrogen-bond acceptors (Lipinski definition) is 8. The van der Waals surface area contributed by atoms with Gasteiger partial charge in [0.1, 0.15) is 6.61 Å². The first-order chi connectivity index (χ1) is 16.8. The maximum absolute atomic E-state index is 10.9. The molecule has 0 aromatic rings. The van der Waals surface area contributed by atoms with Crippen LogP contribution in [0.3, 0.4) is 0 Å². The highest BCUT2D eigenvalue weighted by atomic mass is 79.9. The third kappa shape index (κ3) is 16.2. The van der Waals surface area contributed by atoms with Crippen LogP contribution in [0.15, 0.2) is 0 Å². The van der Waals surface area contributed by atoms with E-state index in [-0.39, 0.29) is 81.5 Å². The van der Waals surface area contributed by atoms with E-state index in [9.17, 15) is 14.7 Å². The molecule has 0 spiro atoms. The monoisotopic (exact) mass is 788 g/mol. The molecular formula is C25H44Br4O8. The van der Waals surface area contributed by atoms with Gasteiger partial charge in [-0.15, -0.1) is 0 Å². The molecule has 37 heavy (non-hydrogen) atoms. The first-order valence-electron chi connectivity index (χ1n) is 12.2. The lowest BCUT2D eigenvalue weighted by Gasteiger charge is -2.27. The van der Waals surface area contributed by atoms with Crippen LogP contribution in [-0.4, -0.2) is 104 Å². The standard InChI is InChI=1S/C6H11BrO2.C6H9BrO2.C6H11BrO2.C6H9BrO2.CH4/c2*1-4-2-6(8)5(7)3-9-4;2*1-4-2-5(7)6(8)3-9-4;/h4-6,8H,2-3H2,1H3;4-5H,2-3H2,1H3;4-6,8H,2-3H2,1H3;4-5H,2-3H2,1H3;1H4. The van der Waals surface area contributed by atoms with Crippen molar-refractivity contribution in [3.8, 4) is 0 Å². The first kappa shape index (κ1) is 38.0. The molecular weight excluding hydrogens is 748 g/mol. The summed E-state index contributed by atoms with van der Waals surface area (Å²) >= 11 is 13.1. The topological polar surface area (TPSA) is 112 Å². The SMILES string of the molecule is C.CC1CC(=O)C(Br)CO1.CC1CC(Br)C(=O)CO1.CC1CC(Br)C(O)CO1.CC1CC(O)C(Br)CO1. The summed E-state index contributed by atoms with van der Waals surface area (Å²) in [7, 11) is 0. The van der Waals surface area contributed by atoms with Gasteiger partial charge in [0.15, 0.2) is 11.6 Å². The molecule has 4 saturated heterocycles. The van der Waals surface area contributed by atoms with E-state index in [1.54, 1.807) is 0 Å². The largest absolute Gasteiger partial charge is 0.392 e. The molecule has 12 heteroatoms. The summed E-state index contributed by atoms with van der Waals surface area (Å²) in [6, 6.07) is 0. The molecule has 0 radical (unpaired) electrons. The Morgan fingerprint density at radius 2 is 1.16 bits per heavy atom. The molecule has 0 aromatic heterocycles. The second-order valence-electron chi connectivity index (χ2n) is 9.50. The van der Waals surface area contributed by atoms with Gasteiger partial charge >= 0.3 is 0 Å². The Labute approximate surface area is 255 Å². The van der Waals surface area contributed by atoms with Crippen molar-refractivity contribution < 1.29 is 38.7 Å². The lowest BCUT2D eigenvalue weighted by molar-refractivity contribution is -0.129. The van der Waals surface area contributed by atoms with Gasteiger partial charge in [-0.3, -0.25) is 9.59 Å². The Morgan fingerprint density at radius 3 is 1.59 bits per heavy atom. The van der Waals surface area contributed by atoms with Crippen LogP contribution in [0.5, 0.6) is 0 Å². The molecule has 0 amide bonds. The summed E-state index contributed by atoms with van der Waals surface area (Å²) in [6.45, 7) is 9.77. The lowest BCUT2D eigenvalue weighted by Crippen LogP contribution is -2.36. The van der Waals surface area contributed by atoms with Crippen LogP contribution in [0.4, 0.5) is 0 Å². The van der Waals surface area contributed by atoms with Crippen molar-refractivity contribution in [2.75, 3.05) is 26.4 Å². The summed E-state index contributed by atoms with van der Waals surface area (Å²) in [5.41, 5.74) is 0. The molecule has 4 heterocycles. The summed E-state index contributed by atoms with van der Waals surface area (Å²) in [5, 5.41) is 18.3. The van der Waals surface area contributed by atoms with Crippen LogP contribution in [0.1, 0.15) is 60.8 Å². The molecule has 4 aliphatic heterocycles. The number of alkyl halides is 4. The minimum Gasteiger partial charge on any atom is -0.392 e. The van der Waals surface area contributed by atoms with E-state index in [1.807, 2.05) is 27.7 Å². The molecule has 4 aliphatic rings. The Morgan fingerprint density at radius 1 is 0.622 bits per heavy atom. The Hall–Kier alpha value is 1.02. The second kappa shape index (κ2) is 20.0. The fourth-order valence-corrected chi connectivity index (χ4v) is 5.50. The van der Waals surface area contributed by atoms with Gasteiger partial charge in [0.05, 0.1) is 70.9 Å². The maximum atomic E-state index is 10.9. The van der Waals surface area contributed by atoms with E-state index < -0.39 is 0 Å². The highest BCUT2D eigenvalue weighted by Crippen LogP contribution is 2.21. The number of ether oxygens (including phenoxy) is 4. The number of ketones is 2. The van der Waals surface area contributed by atoms with Gasteiger partial charge < -0.3 is 29.2 Å². The van der Waals surface area contributed by atoms with Crippen molar-refractivity contribution in [1.82, 2.24) is 0 Å². The minimum absolute atomic E-state index is 0. The third-order valence-corrected chi connectivity index (χ3v) is 9.34. The normalized spacial score (nSPS) is 39.8. The molecule has 0 bridgehead atoms. The van der Waals surface area contributed by atoms with Crippen LogP contribution >= 0.6 is 63.7 Å². The van der Waals surface area contributed by atoms with Crippen molar-refractivity contribution in [2.45, 2.75) is 117 Å². The molecule has 2 N–H and O–H groups in total. The lowest BCUT2D eigenvalue weighted by atomic mass is 10.1. The highest BCUT2D eigenvalue weighted by Gasteiger charge is 2.26. The Balaban J connectivity index is 0.000000463. The molecule has 0 aromatic carbocycles. The number of Topliss-reactive ketones (excluding diaryl/α,β-unsaturated/α-hetero) is 2. The van der Waals surface area contributed by atoms with Gasteiger partial charge in [0, 0.05) is 17.7 Å². The highest BCUT2D eigenvalue weighted by molar-refractivity contribution is 9.10. The van der Waals surface area contributed by atoms with Crippen molar-refractivity contribution in [3.05, 3.63) is 0 Å². The van der Waals surface area contributed by atoms with Gasteiger partial charge in [0.25, 0.3) is 0 Å². The van der Waals surface area contributed by atoms with E-state index in [4.69, 9.17) is 24.1 Å². The number of halogens is 4. The van der Waals surface area contributed by atoms with Crippen molar-refractivity contribution in [3.63, 3.8) is 0 Å². The number of carbonyl (C=O) groups excluding carboxylic acids is 2. The average Bonchev–Trinajstić information content (AvgIpc) is 2.81. The average molecular weight is 792 g/mol. The van der Waals surface area contributed by atoms with Crippen molar-refractivity contribution in [1.29, 1.82) is 0 Å². The van der Waals surface area contributed by atoms with E-state index in [1.165, 1.54) is 0 Å². The third-order valence-electron chi connectivity index (χ3n) is 5.82. The summed E-state index contributed by atoms with van der Waals surface area (Å²) in [5.74, 6) is 0.418. The molecule has 8 nitrogen and oxygen atoms in total. The van der Waals surface area contributed by atoms with Crippen LogP contribution in [0.2, 0.25) is 0 Å². The molecule has 4 fully saturated rings. The quantitative estimate of drug-likeness (QED) is 0.339. The zero-order valence-corrected chi connectivity index (χ0v) is 27.6. The Kier molecular flexibility index (Phi) is 20.5. The maximum Gasteiger partial charge on any atom is 0.172 e. The number of carbonyl (C=O) groups is 2. The van der Waals surface area contributed by atoms with Crippen LogP contribution in [0, 0.1) is 0 Å². The molecule has 220 valence electrons. The van der Waals surface area contributed by atoms with Crippen molar-refractivity contribution >= 4 is 75.3 Å². The molecule has 0 aliphatic carbocycles. The molecule has 0 saturated carbocycles. The molecule has 10 atom stereocenters. The van der Waals surface area contributed by atoms with Gasteiger partial charge in [-0.2, -0.15) is 0 Å². The fraction of sp³-hybridized carbons (Fsp3) is 0.920. The first-order valence-corrected chi connectivity index (χ1v) is 15.9. The zero-order chi connectivity index (χ0) is 27.4. The Bertz CT molecular complexity index is 634. The predicted octanol–water partition coefficient (Wildman–Crippen LogP) is 4.73. The number of aliphatic hydroxyl groups excluding tert-OH is 2. The van der Waals surface area contributed by atoms with E-state index >= 15 is 0 Å². The van der Waals surface area contributed by atoms with Gasteiger partial charge in [-0.1, -0.05) is 71.1 Å². The van der Waals surface area contributed by atoms with Gasteiger partial charge in [0.2, 0.25) is 0 Å². The fourth-order valence-electron chi connectivity index (χ4n) is 3.45. The van der Waals surface area contributed by atoms with E-state index in [0.717, 1.165) is 19.3 Å². The minimum atomic E-state index is -0.318.